The Morgan fingerprint density at radius 1 is 1.03 bits per heavy atom. The molecule has 1 aromatic carbocycles. The Hall–Kier alpha value is -2.76. The second-order valence-corrected chi connectivity index (χ2v) is 9.10. The third-order valence-corrected chi connectivity index (χ3v) is 7.31. The Morgan fingerprint density at radius 3 is 2.17 bits per heavy atom. The molecule has 2 saturated carbocycles. The molecule has 30 heavy (non-hydrogen) atoms. The second-order valence-electron chi connectivity index (χ2n) is 9.10. The summed E-state index contributed by atoms with van der Waals surface area (Å²) in [6.07, 6.45) is 4.36. The van der Waals surface area contributed by atoms with Gasteiger partial charge in [0.1, 0.15) is 0 Å². The molecule has 6 nitrogen and oxygen atoms in total. The van der Waals surface area contributed by atoms with E-state index in [4.69, 9.17) is 4.74 Å². The molecule has 0 aromatic heterocycles. The molecule has 1 saturated heterocycles. The van der Waals surface area contributed by atoms with Gasteiger partial charge < -0.3 is 4.74 Å². The van der Waals surface area contributed by atoms with E-state index >= 15 is 0 Å². The quantitative estimate of drug-likeness (QED) is 0.313. The molecule has 1 aliphatic heterocycles. The number of aryl methyl sites for hydroxylation is 1. The van der Waals surface area contributed by atoms with Crippen molar-refractivity contribution in [3.05, 3.63) is 47.5 Å². The van der Waals surface area contributed by atoms with Crippen LogP contribution in [0.1, 0.15) is 35.7 Å². The molecule has 3 fully saturated rings. The van der Waals surface area contributed by atoms with Crippen LogP contribution in [0.4, 0.5) is 0 Å². The molecule has 2 amide bonds. The van der Waals surface area contributed by atoms with Crippen molar-refractivity contribution in [2.24, 2.45) is 35.5 Å². The summed E-state index contributed by atoms with van der Waals surface area (Å²) in [5.41, 5.74) is 1.52. The minimum Gasteiger partial charge on any atom is -0.454 e. The van der Waals surface area contributed by atoms with Crippen LogP contribution in [0.3, 0.4) is 0 Å². The monoisotopic (exact) mass is 407 g/mol. The molecule has 1 heterocycles. The van der Waals surface area contributed by atoms with Crippen LogP contribution < -0.4 is 0 Å². The molecule has 7 atom stereocenters. The van der Waals surface area contributed by atoms with E-state index in [0.29, 0.717) is 17.4 Å². The first-order valence-electron chi connectivity index (χ1n) is 10.7. The van der Waals surface area contributed by atoms with Crippen LogP contribution in [0.5, 0.6) is 0 Å². The van der Waals surface area contributed by atoms with Gasteiger partial charge >= 0.3 is 5.97 Å². The number of amides is 2. The van der Waals surface area contributed by atoms with E-state index in [-0.39, 0.29) is 54.2 Å². The lowest BCUT2D eigenvalue weighted by Gasteiger charge is -2.37. The normalized spacial score (nSPS) is 33.9. The fourth-order valence-corrected chi connectivity index (χ4v) is 5.70. The Kier molecular flexibility index (Phi) is 4.42. The second kappa shape index (κ2) is 6.89. The van der Waals surface area contributed by atoms with Crippen molar-refractivity contribution >= 4 is 23.6 Å². The van der Waals surface area contributed by atoms with Crippen LogP contribution in [0, 0.1) is 42.4 Å². The lowest BCUT2D eigenvalue weighted by atomic mass is 9.63. The summed E-state index contributed by atoms with van der Waals surface area (Å²) in [5, 5.41) is 0. The molecular formula is C24H25NO5. The highest BCUT2D eigenvalue weighted by Gasteiger charge is 2.66. The minimum absolute atomic E-state index is 0.0176. The Morgan fingerprint density at radius 2 is 1.60 bits per heavy atom. The summed E-state index contributed by atoms with van der Waals surface area (Å²) in [4.78, 5) is 51.8. The topological polar surface area (TPSA) is 80.8 Å². The van der Waals surface area contributed by atoms with Crippen molar-refractivity contribution in [1.29, 1.82) is 0 Å². The minimum atomic E-state index is -0.917. The number of nitrogens with zero attached hydrogens (tertiary/aromatic N) is 1. The first-order chi connectivity index (χ1) is 14.4. The molecule has 5 aliphatic rings. The van der Waals surface area contributed by atoms with E-state index < -0.39 is 12.1 Å². The Labute approximate surface area is 175 Å². The largest absolute Gasteiger partial charge is 0.454 e. The van der Waals surface area contributed by atoms with Gasteiger partial charge in [-0.3, -0.25) is 24.1 Å². The molecule has 6 heteroatoms. The third-order valence-electron chi connectivity index (χ3n) is 7.31. The van der Waals surface area contributed by atoms with Gasteiger partial charge in [0, 0.05) is 12.1 Å². The molecule has 0 radical (unpaired) electrons. The smallest absolute Gasteiger partial charge is 0.308 e. The number of rotatable bonds is 6. The van der Waals surface area contributed by atoms with Crippen molar-refractivity contribution in [2.45, 2.75) is 32.8 Å². The molecule has 2 bridgehead atoms. The van der Waals surface area contributed by atoms with Crippen LogP contribution in [-0.4, -0.2) is 41.1 Å². The lowest BCUT2D eigenvalue weighted by Crippen LogP contribution is -2.40. The van der Waals surface area contributed by atoms with Gasteiger partial charge in [0.15, 0.2) is 6.10 Å². The van der Waals surface area contributed by atoms with Gasteiger partial charge in [-0.25, -0.2) is 0 Å². The number of hydrogen-bond acceptors (Lipinski definition) is 5. The number of Topliss-reactive ketones (excluding diaryl/α,β-unsaturated/α-hetero) is 1. The fraction of sp³-hybridized carbons (Fsp3) is 0.500. The van der Waals surface area contributed by atoms with Gasteiger partial charge in [-0.2, -0.15) is 0 Å². The average molecular weight is 407 g/mol. The maximum atomic E-state index is 12.9. The number of allylic oxidation sites excluding steroid dienone is 2. The molecular weight excluding hydrogens is 382 g/mol. The summed E-state index contributed by atoms with van der Waals surface area (Å²) in [6, 6.07) is 7.08. The van der Waals surface area contributed by atoms with Crippen LogP contribution in [0.15, 0.2) is 36.4 Å². The lowest BCUT2D eigenvalue weighted by molar-refractivity contribution is -0.148. The van der Waals surface area contributed by atoms with Crippen molar-refractivity contribution in [3.8, 4) is 0 Å². The molecule has 0 unspecified atom stereocenters. The SMILES string of the molecule is Cc1ccc(C(=O)[C@H](C)OC(=O)CCN2C(=O)[C@@H]3[C@@H]4C=C[C@H]([C@H]5C[C@H]45)[C@@H]3C2=O)cc1. The molecule has 1 aromatic rings. The van der Waals surface area contributed by atoms with E-state index in [0.717, 1.165) is 12.0 Å². The predicted octanol–water partition coefficient (Wildman–Crippen LogP) is 2.55. The number of likely N-dealkylation sites (tertiary alicyclic amines) is 1. The molecule has 0 N–H and O–H groups in total. The summed E-state index contributed by atoms with van der Waals surface area (Å²) < 4.78 is 5.27. The first-order valence-corrected chi connectivity index (χ1v) is 10.7. The maximum absolute atomic E-state index is 12.9. The number of benzene rings is 1. The van der Waals surface area contributed by atoms with E-state index in [1.165, 1.54) is 11.8 Å². The highest BCUT2D eigenvalue weighted by atomic mass is 16.5. The maximum Gasteiger partial charge on any atom is 0.308 e. The van der Waals surface area contributed by atoms with Crippen LogP contribution in [0.25, 0.3) is 0 Å². The fourth-order valence-electron chi connectivity index (χ4n) is 5.70. The number of ether oxygens (including phenoxy) is 1. The number of carbonyl (C=O) groups is 4. The van der Waals surface area contributed by atoms with E-state index in [9.17, 15) is 19.2 Å². The zero-order valence-electron chi connectivity index (χ0n) is 17.1. The van der Waals surface area contributed by atoms with Gasteiger partial charge in [-0.15, -0.1) is 0 Å². The Balaban J connectivity index is 1.18. The summed E-state index contributed by atoms with van der Waals surface area (Å²) in [6.45, 7) is 3.49. The van der Waals surface area contributed by atoms with Gasteiger partial charge in [-0.05, 0) is 43.9 Å². The third kappa shape index (κ3) is 2.92. The Bertz CT molecular complexity index is 928. The highest BCUT2D eigenvalue weighted by Crippen LogP contribution is 2.65. The molecule has 4 aliphatic carbocycles. The van der Waals surface area contributed by atoms with E-state index in [1.54, 1.807) is 12.1 Å². The zero-order valence-corrected chi connectivity index (χ0v) is 17.1. The van der Waals surface area contributed by atoms with E-state index in [1.807, 2.05) is 19.1 Å². The number of ketones is 1. The zero-order chi connectivity index (χ0) is 21.2. The van der Waals surface area contributed by atoms with Crippen molar-refractivity contribution < 1.29 is 23.9 Å². The number of imide groups is 1. The predicted molar refractivity (Wildman–Crippen MR) is 107 cm³/mol. The standard InChI is InChI=1S/C24H25NO5/c1-12-3-5-14(6-4-12)22(27)13(2)30-19(26)9-10-25-23(28)20-15-7-8-16(18-11-17(15)18)21(20)24(25)29/h3-8,13,15-18,20-21H,9-11H2,1-2H3/t13-,15+,16+,17+,18+,20-,21+/m0/s1. The molecule has 6 rings (SSSR count). The number of esters is 1. The van der Waals surface area contributed by atoms with Gasteiger partial charge in [0.05, 0.1) is 18.3 Å². The van der Waals surface area contributed by atoms with Gasteiger partial charge in [0.25, 0.3) is 0 Å². The van der Waals surface area contributed by atoms with Crippen LogP contribution >= 0.6 is 0 Å². The number of carbonyl (C=O) groups excluding carboxylic acids is 4. The summed E-state index contributed by atoms with van der Waals surface area (Å²) >= 11 is 0. The van der Waals surface area contributed by atoms with Crippen molar-refractivity contribution in [2.75, 3.05) is 6.54 Å². The van der Waals surface area contributed by atoms with Crippen molar-refractivity contribution in [3.63, 3.8) is 0 Å². The average Bonchev–Trinajstić information content (AvgIpc) is 3.51. The van der Waals surface area contributed by atoms with Crippen LogP contribution in [0.2, 0.25) is 0 Å². The first kappa shape index (κ1) is 19.2. The summed E-state index contributed by atoms with van der Waals surface area (Å²) in [7, 11) is 0. The van der Waals surface area contributed by atoms with Gasteiger partial charge in [-0.1, -0.05) is 42.0 Å². The van der Waals surface area contributed by atoms with Crippen LogP contribution in [-0.2, 0) is 19.1 Å². The van der Waals surface area contributed by atoms with E-state index in [2.05, 4.69) is 12.2 Å². The summed E-state index contributed by atoms with van der Waals surface area (Å²) in [5.74, 6) is -0.211. The van der Waals surface area contributed by atoms with Crippen molar-refractivity contribution in [1.82, 2.24) is 4.90 Å². The van der Waals surface area contributed by atoms with Gasteiger partial charge in [0.2, 0.25) is 17.6 Å². The highest BCUT2D eigenvalue weighted by molar-refractivity contribution is 6.06. The molecule has 156 valence electrons. The number of hydrogen-bond donors (Lipinski definition) is 0. The molecule has 0 spiro atoms.